The topological polar surface area (TPSA) is 75.2 Å². The minimum Gasteiger partial charge on any atom is -0.321 e. The van der Waals surface area contributed by atoms with Gasteiger partial charge in [-0.2, -0.15) is 0 Å². The zero-order chi connectivity index (χ0) is 15.7. The lowest BCUT2D eigenvalue weighted by Gasteiger charge is -2.19. The van der Waals surface area contributed by atoms with Crippen molar-refractivity contribution in [3.8, 4) is 0 Å². The number of aryl methyl sites for hydroxylation is 2. The molecule has 2 heterocycles. The van der Waals surface area contributed by atoms with E-state index in [1.165, 1.54) is 0 Å². The maximum absolute atomic E-state index is 12.2. The summed E-state index contributed by atoms with van der Waals surface area (Å²) >= 11 is 1.07. The van der Waals surface area contributed by atoms with Gasteiger partial charge in [-0.3, -0.25) is 9.59 Å². The Hall–Kier alpha value is -2.28. The van der Waals surface area contributed by atoms with Crippen LogP contribution in [0.25, 0.3) is 0 Å². The third-order valence-electron chi connectivity index (χ3n) is 3.69. The highest BCUT2D eigenvalue weighted by molar-refractivity contribution is 7.08. The minimum absolute atomic E-state index is 0.133. The monoisotopic (exact) mass is 316 g/mol. The number of aromatic nitrogens is 2. The van der Waals surface area contributed by atoms with Crippen molar-refractivity contribution in [1.82, 2.24) is 9.59 Å². The molecule has 0 aliphatic carbocycles. The first-order valence-corrected chi connectivity index (χ1v) is 7.85. The van der Waals surface area contributed by atoms with Gasteiger partial charge in [0.25, 0.3) is 5.91 Å². The second-order valence-corrected chi connectivity index (χ2v) is 6.05. The van der Waals surface area contributed by atoms with Crippen LogP contribution in [-0.2, 0) is 4.79 Å². The number of hydrogen-bond acceptors (Lipinski definition) is 5. The fourth-order valence-electron chi connectivity index (χ4n) is 2.51. The molecular weight excluding hydrogens is 300 g/mol. The van der Waals surface area contributed by atoms with Crippen LogP contribution in [0.3, 0.4) is 0 Å². The summed E-state index contributed by atoms with van der Waals surface area (Å²) in [5.41, 5.74) is 3.16. The van der Waals surface area contributed by atoms with Crippen LogP contribution in [0.2, 0.25) is 0 Å². The normalized spacial score (nSPS) is 14.5. The molecule has 1 fully saturated rings. The van der Waals surface area contributed by atoms with Crippen LogP contribution in [0.1, 0.15) is 33.8 Å². The highest BCUT2D eigenvalue weighted by Crippen LogP contribution is 2.28. The van der Waals surface area contributed by atoms with Crippen molar-refractivity contribution in [2.75, 3.05) is 16.8 Å². The summed E-state index contributed by atoms with van der Waals surface area (Å²) in [5, 5.41) is 6.68. The van der Waals surface area contributed by atoms with Crippen molar-refractivity contribution in [3.63, 3.8) is 0 Å². The first-order valence-electron chi connectivity index (χ1n) is 7.07. The maximum atomic E-state index is 12.2. The van der Waals surface area contributed by atoms with Crippen molar-refractivity contribution < 1.29 is 9.59 Å². The van der Waals surface area contributed by atoms with Gasteiger partial charge in [-0.15, -0.1) is 5.10 Å². The summed E-state index contributed by atoms with van der Waals surface area (Å²) < 4.78 is 3.77. The van der Waals surface area contributed by atoms with E-state index in [1.807, 2.05) is 25.1 Å². The summed E-state index contributed by atoms with van der Waals surface area (Å²) in [6.07, 6.45) is 1.46. The molecule has 1 saturated heterocycles. The molecule has 1 aliphatic heterocycles. The quantitative estimate of drug-likeness (QED) is 0.944. The summed E-state index contributed by atoms with van der Waals surface area (Å²) in [5.74, 6) is -0.0934. The highest BCUT2D eigenvalue weighted by Gasteiger charge is 2.23. The van der Waals surface area contributed by atoms with Crippen LogP contribution in [-0.4, -0.2) is 27.9 Å². The fraction of sp³-hybridized carbons (Fsp3) is 0.333. The van der Waals surface area contributed by atoms with Gasteiger partial charge in [0, 0.05) is 24.3 Å². The Morgan fingerprint density at radius 1 is 1.36 bits per heavy atom. The summed E-state index contributed by atoms with van der Waals surface area (Å²) in [6.45, 7) is 4.45. The second-order valence-electron chi connectivity index (χ2n) is 5.29. The first kappa shape index (κ1) is 14.6. The molecule has 0 saturated carbocycles. The number of nitrogens with zero attached hydrogens (tertiary/aromatic N) is 3. The standard InChI is InChI=1S/C15H16N4O2S/c1-9-5-6-11(8-12(9)19-7-3-4-13(19)20)16-15(21)14-10(2)17-18-22-14/h5-6,8H,3-4,7H2,1-2H3,(H,16,21). The van der Waals surface area contributed by atoms with Gasteiger partial charge in [-0.05, 0) is 49.5 Å². The minimum atomic E-state index is -0.227. The van der Waals surface area contributed by atoms with E-state index in [1.54, 1.807) is 11.8 Å². The van der Waals surface area contributed by atoms with E-state index in [-0.39, 0.29) is 11.8 Å². The molecule has 1 aromatic carbocycles. The van der Waals surface area contributed by atoms with Gasteiger partial charge in [0.2, 0.25) is 5.91 Å². The number of carbonyl (C=O) groups is 2. The maximum Gasteiger partial charge on any atom is 0.269 e. The molecular formula is C15H16N4O2S. The lowest BCUT2D eigenvalue weighted by atomic mass is 10.1. The molecule has 1 N–H and O–H groups in total. The van der Waals surface area contributed by atoms with Gasteiger partial charge < -0.3 is 10.2 Å². The Morgan fingerprint density at radius 3 is 2.82 bits per heavy atom. The van der Waals surface area contributed by atoms with Crippen LogP contribution in [0, 0.1) is 13.8 Å². The van der Waals surface area contributed by atoms with Gasteiger partial charge in [0.05, 0.1) is 5.69 Å². The van der Waals surface area contributed by atoms with E-state index in [2.05, 4.69) is 14.9 Å². The number of nitrogens with one attached hydrogen (secondary N) is 1. The smallest absolute Gasteiger partial charge is 0.269 e. The van der Waals surface area contributed by atoms with Crippen molar-refractivity contribution in [2.45, 2.75) is 26.7 Å². The molecule has 0 radical (unpaired) electrons. The van der Waals surface area contributed by atoms with E-state index in [0.717, 1.165) is 35.7 Å². The fourth-order valence-corrected chi connectivity index (χ4v) is 3.06. The molecule has 0 bridgehead atoms. The third-order valence-corrected chi connectivity index (χ3v) is 4.52. The molecule has 1 aromatic heterocycles. The number of benzene rings is 1. The zero-order valence-corrected chi connectivity index (χ0v) is 13.2. The van der Waals surface area contributed by atoms with Crippen molar-refractivity contribution in [1.29, 1.82) is 0 Å². The molecule has 0 unspecified atom stereocenters. The molecule has 0 spiro atoms. The molecule has 22 heavy (non-hydrogen) atoms. The molecule has 1 aliphatic rings. The van der Waals surface area contributed by atoms with Gasteiger partial charge in [-0.25, -0.2) is 0 Å². The Morgan fingerprint density at radius 2 is 2.18 bits per heavy atom. The first-order chi connectivity index (χ1) is 10.6. The average molecular weight is 316 g/mol. The van der Waals surface area contributed by atoms with E-state index < -0.39 is 0 Å². The number of anilines is 2. The molecule has 2 amide bonds. The van der Waals surface area contributed by atoms with E-state index in [4.69, 9.17) is 0 Å². The van der Waals surface area contributed by atoms with E-state index in [9.17, 15) is 9.59 Å². The third kappa shape index (κ3) is 2.71. The van der Waals surface area contributed by atoms with Crippen molar-refractivity contribution >= 4 is 34.7 Å². The zero-order valence-electron chi connectivity index (χ0n) is 12.4. The van der Waals surface area contributed by atoms with Gasteiger partial charge in [-0.1, -0.05) is 10.6 Å². The molecule has 6 nitrogen and oxygen atoms in total. The number of carbonyl (C=O) groups excluding carboxylic acids is 2. The molecule has 7 heteroatoms. The van der Waals surface area contributed by atoms with E-state index >= 15 is 0 Å². The highest BCUT2D eigenvalue weighted by atomic mass is 32.1. The SMILES string of the molecule is Cc1ccc(NC(=O)c2snnc2C)cc1N1CCCC1=O. The van der Waals surface area contributed by atoms with Crippen molar-refractivity contribution in [3.05, 3.63) is 34.3 Å². The Labute approximate surface area is 132 Å². The largest absolute Gasteiger partial charge is 0.321 e. The van der Waals surface area contributed by atoms with E-state index in [0.29, 0.717) is 22.7 Å². The lowest BCUT2D eigenvalue weighted by molar-refractivity contribution is -0.117. The predicted molar refractivity (Wildman–Crippen MR) is 85.4 cm³/mol. The predicted octanol–water partition coefficient (Wildman–Crippen LogP) is 2.53. The summed E-state index contributed by atoms with van der Waals surface area (Å²) in [6, 6.07) is 5.59. The molecule has 114 valence electrons. The van der Waals surface area contributed by atoms with Gasteiger partial charge >= 0.3 is 0 Å². The van der Waals surface area contributed by atoms with Crippen molar-refractivity contribution in [2.24, 2.45) is 0 Å². The summed E-state index contributed by atoms with van der Waals surface area (Å²) in [7, 11) is 0. The second kappa shape index (κ2) is 5.84. The number of amides is 2. The lowest BCUT2D eigenvalue weighted by Crippen LogP contribution is -2.24. The van der Waals surface area contributed by atoms with Crippen LogP contribution in [0.5, 0.6) is 0 Å². The van der Waals surface area contributed by atoms with Crippen LogP contribution < -0.4 is 10.2 Å². The molecule has 0 atom stereocenters. The van der Waals surface area contributed by atoms with Crippen LogP contribution in [0.15, 0.2) is 18.2 Å². The summed E-state index contributed by atoms with van der Waals surface area (Å²) in [4.78, 5) is 26.4. The number of rotatable bonds is 3. The molecule has 3 rings (SSSR count). The number of hydrogen-bond donors (Lipinski definition) is 1. The average Bonchev–Trinajstić information content (AvgIpc) is 3.09. The van der Waals surface area contributed by atoms with Crippen LogP contribution >= 0.6 is 11.5 Å². The van der Waals surface area contributed by atoms with Crippen LogP contribution in [0.4, 0.5) is 11.4 Å². The van der Waals surface area contributed by atoms with Gasteiger partial charge in [0.1, 0.15) is 4.88 Å². The Balaban J connectivity index is 1.85. The Bertz CT molecular complexity index is 741. The Kier molecular flexibility index (Phi) is 3.89. The van der Waals surface area contributed by atoms with Gasteiger partial charge in [0.15, 0.2) is 0 Å². The molecule has 2 aromatic rings.